The van der Waals surface area contributed by atoms with Crippen LogP contribution < -0.4 is 10.9 Å². The Morgan fingerprint density at radius 3 is 2.36 bits per heavy atom. The summed E-state index contributed by atoms with van der Waals surface area (Å²) in [6.45, 7) is 2.02. The molecule has 0 unspecified atom stereocenters. The maximum atomic E-state index is 12.1. The van der Waals surface area contributed by atoms with Gasteiger partial charge in [-0.3, -0.25) is 15.6 Å². The molecule has 0 bridgehead atoms. The largest absolute Gasteiger partial charge is 0.298 e. The molecule has 0 radical (unpaired) electrons. The molecule has 2 N–H and O–H groups in total. The van der Waals surface area contributed by atoms with Gasteiger partial charge in [0.05, 0.1) is 5.70 Å². The summed E-state index contributed by atoms with van der Waals surface area (Å²) < 4.78 is 0. The summed E-state index contributed by atoms with van der Waals surface area (Å²) in [7, 11) is 0. The number of hydrogen-bond donors (Lipinski definition) is 2. The number of benzene rings is 2. The second-order valence-corrected chi connectivity index (χ2v) is 5.50. The summed E-state index contributed by atoms with van der Waals surface area (Å²) in [4.78, 5) is 12.1. The van der Waals surface area contributed by atoms with Gasteiger partial charge >= 0.3 is 0 Å². The van der Waals surface area contributed by atoms with E-state index in [4.69, 9.17) is 23.2 Å². The topological polar surface area (TPSA) is 41.1 Å². The molecule has 114 valence electrons. The van der Waals surface area contributed by atoms with Crippen LogP contribution in [0.4, 0.5) is 0 Å². The molecule has 0 aliphatic rings. The van der Waals surface area contributed by atoms with Crippen LogP contribution in [0.2, 0.25) is 10.0 Å². The molecule has 0 spiro atoms. The molecule has 0 aromatic heterocycles. The average molecular weight is 335 g/mol. The highest BCUT2D eigenvalue weighted by atomic mass is 35.5. The third kappa shape index (κ3) is 4.52. The molecule has 0 aliphatic carbocycles. The zero-order chi connectivity index (χ0) is 15.9. The van der Waals surface area contributed by atoms with Crippen molar-refractivity contribution >= 4 is 34.8 Å². The van der Waals surface area contributed by atoms with E-state index in [2.05, 4.69) is 10.9 Å². The first kappa shape index (κ1) is 16.4. The van der Waals surface area contributed by atoms with Crippen LogP contribution >= 0.6 is 23.2 Å². The van der Waals surface area contributed by atoms with Crippen LogP contribution in [-0.4, -0.2) is 5.91 Å². The van der Waals surface area contributed by atoms with Crippen LogP contribution in [0.25, 0.3) is 5.70 Å². The van der Waals surface area contributed by atoms with E-state index in [0.717, 1.165) is 17.7 Å². The highest BCUT2D eigenvalue weighted by Gasteiger charge is 2.07. The fourth-order valence-corrected chi connectivity index (χ4v) is 2.22. The predicted molar refractivity (Wildman–Crippen MR) is 91.8 cm³/mol. The van der Waals surface area contributed by atoms with Gasteiger partial charge in [0.15, 0.2) is 0 Å². The van der Waals surface area contributed by atoms with Crippen molar-refractivity contribution in [2.75, 3.05) is 0 Å². The number of hydrogen-bond acceptors (Lipinski definition) is 2. The molecule has 0 fully saturated rings. The molecule has 0 aliphatic heterocycles. The number of hydrazine groups is 1. The fraction of sp³-hybridized carbons (Fsp3) is 0.118. The Bertz CT molecular complexity index is 681. The second-order valence-electron chi connectivity index (χ2n) is 4.62. The summed E-state index contributed by atoms with van der Waals surface area (Å²) >= 11 is 11.8. The van der Waals surface area contributed by atoms with Crippen molar-refractivity contribution in [2.45, 2.75) is 13.3 Å². The highest BCUT2D eigenvalue weighted by molar-refractivity contribution is 6.31. The number of carbonyl (C=O) groups excluding carboxylic acids is 1. The minimum atomic E-state index is -0.251. The van der Waals surface area contributed by atoms with E-state index in [1.54, 1.807) is 36.4 Å². The molecule has 0 atom stereocenters. The average Bonchev–Trinajstić information content (AvgIpc) is 2.52. The van der Waals surface area contributed by atoms with Crippen LogP contribution in [-0.2, 0) is 0 Å². The first-order valence-electron chi connectivity index (χ1n) is 6.88. The third-order valence-corrected chi connectivity index (χ3v) is 3.45. The molecule has 2 rings (SSSR count). The number of halogens is 2. The van der Waals surface area contributed by atoms with E-state index in [-0.39, 0.29) is 5.91 Å². The Kier molecular flexibility index (Phi) is 5.87. The van der Waals surface area contributed by atoms with Crippen molar-refractivity contribution in [1.29, 1.82) is 0 Å². The van der Waals surface area contributed by atoms with Gasteiger partial charge in [-0.2, -0.15) is 0 Å². The standard InChI is InChI=1S/C17H16Cl2N2O/c1-2-4-16(12-7-9-14(18)10-8-12)20-21-17(22)13-5-3-6-15(19)11-13/h3-11,20H,2H2,1H3,(H,21,22). The lowest BCUT2D eigenvalue weighted by Gasteiger charge is -2.13. The van der Waals surface area contributed by atoms with Gasteiger partial charge in [0.1, 0.15) is 0 Å². The van der Waals surface area contributed by atoms with Gasteiger partial charge < -0.3 is 0 Å². The molecule has 3 nitrogen and oxygen atoms in total. The first-order valence-corrected chi connectivity index (χ1v) is 7.63. The molecule has 0 heterocycles. The van der Waals surface area contributed by atoms with Gasteiger partial charge in [-0.05, 0) is 42.3 Å². The Hall–Kier alpha value is -1.97. The summed E-state index contributed by atoms with van der Waals surface area (Å²) in [6, 6.07) is 14.2. The Labute approximate surface area is 139 Å². The van der Waals surface area contributed by atoms with Gasteiger partial charge in [0.25, 0.3) is 5.91 Å². The van der Waals surface area contributed by atoms with E-state index in [1.807, 2.05) is 25.1 Å². The quantitative estimate of drug-likeness (QED) is 0.779. The summed E-state index contributed by atoms with van der Waals surface area (Å²) in [5, 5.41) is 1.19. The van der Waals surface area contributed by atoms with Gasteiger partial charge in [0.2, 0.25) is 0 Å². The van der Waals surface area contributed by atoms with Crippen LogP contribution in [0.3, 0.4) is 0 Å². The van der Waals surface area contributed by atoms with E-state index in [0.29, 0.717) is 15.6 Å². The van der Waals surface area contributed by atoms with Crippen LogP contribution in [0.1, 0.15) is 29.3 Å². The number of amides is 1. The maximum absolute atomic E-state index is 12.1. The normalized spacial score (nSPS) is 11.1. The minimum absolute atomic E-state index is 0.251. The smallest absolute Gasteiger partial charge is 0.269 e. The molecule has 2 aromatic carbocycles. The fourth-order valence-electron chi connectivity index (χ4n) is 1.90. The maximum Gasteiger partial charge on any atom is 0.269 e. The van der Waals surface area contributed by atoms with Crippen molar-refractivity contribution in [1.82, 2.24) is 10.9 Å². The predicted octanol–water partition coefficient (Wildman–Crippen LogP) is 4.68. The van der Waals surface area contributed by atoms with Gasteiger partial charge in [-0.25, -0.2) is 0 Å². The van der Waals surface area contributed by atoms with E-state index < -0.39 is 0 Å². The molecule has 0 saturated carbocycles. The van der Waals surface area contributed by atoms with E-state index >= 15 is 0 Å². The summed E-state index contributed by atoms with van der Waals surface area (Å²) in [6.07, 6.45) is 2.82. The van der Waals surface area contributed by atoms with Crippen LogP contribution in [0, 0.1) is 0 Å². The molecular formula is C17H16Cl2N2O. The number of rotatable bonds is 5. The van der Waals surface area contributed by atoms with E-state index in [1.165, 1.54) is 0 Å². The first-order chi connectivity index (χ1) is 10.6. The second kappa shape index (κ2) is 7.87. The Morgan fingerprint density at radius 1 is 1.00 bits per heavy atom. The lowest BCUT2D eigenvalue weighted by molar-refractivity contribution is 0.0942. The molecule has 1 amide bonds. The lowest BCUT2D eigenvalue weighted by atomic mass is 10.1. The SMILES string of the molecule is CCC=C(NNC(=O)c1cccc(Cl)c1)c1ccc(Cl)cc1. The number of carbonyl (C=O) groups is 1. The Morgan fingerprint density at radius 2 is 1.73 bits per heavy atom. The van der Waals surface area contributed by atoms with Gasteiger partial charge in [-0.1, -0.05) is 54.4 Å². The summed E-state index contributed by atoms with van der Waals surface area (Å²) in [5.74, 6) is -0.251. The number of nitrogens with one attached hydrogen (secondary N) is 2. The molecule has 0 saturated heterocycles. The highest BCUT2D eigenvalue weighted by Crippen LogP contribution is 2.16. The molecule has 5 heteroatoms. The zero-order valence-corrected chi connectivity index (χ0v) is 13.6. The van der Waals surface area contributed by atoms with Gasteiger partial charge in [-0.15, -0.1) is 0 Å². The van der Waals surface area contributed by atoms with Crippen molar-refractivity contribution in [3.63, 3.8) is 0 Å². The minimum Gasteiger partial charge on any atom is -0.298 e. The van der Waals surface area contributed by atoms with Crippen molar-refractivity contribution < 1.29 is 4.79 Å². The third-order valence-electron chi connectivity index (χ3n) is 2.96. The monoisotopic (exact) mass is 334 g/mol. The van der Waals surface area contributed by atoms with Crippen molar-refractivity contribution in [3.8, 4) is 0 Å². The Balaban J connectivity index is 2.08. The zero-order valence-electron chi connectivity index (χ0n) is 12.1. The summed E-state index contributed by atoms with van der Waals surface area (Å²) in [5.41, 5.74) is 7.87. The van der Waals surface area contributed by atoms with E-state index in [9.17, 15) is 4.79 Å². The van der Waals surface area contributed by atoms with Crippen LogP contribution in [0.15, 0.2) is 54.6 Å². The molecule has 2 aromatic rings. The lowest BCUT2D eigenvalue weighted by Crippen LogP contribution is -2.36. The van der Waals surface area contributed by atoms with Crippen LogP contribution in [0.5, 0.6) is 0 Å². The van der Waals surface area contributed by atoms with Crippen molar-refractivity contribution in [2.24, 2.45) is 0 Å². The van der Waals surface area contributed by atoms with Gasteiger partial charge in [0, 0.05) is 15.6 Å². The number of allylic oxidation sites excluding steroid dienone is 1. The molecule has 22 heavy (non-hydrogen) atoms. The van der Waals surface area contributed by atoms with Crippen molar-refractivity contribution in [3.05, 3.63) is 75.8 Å². The molecular weight excluding hydrogens is 319 g/mol.